The van der Waals surface area contributed by atoms with Crippen molar-refractivity contribution >= 4 is 17.9 Å². The Balaban J connectivity index is 4.46. The fourth-order valence-corrected chi connectivity index (χ4v) is 7.96. The van der Waals surface area contributed by atoms with Gasteiger partial charge in [0.15, 0.2) is 6.10 Å². The van der Waals surface area contributed by atoms with Crippen molar-refractivity contribution in [3.05, 3.63) is 72.9 Å². The number of esters is 3. The van der Waals surface area contributed by atoms with Crippen LogP contribution in [0.3, 0.4) is 0 Å². The van der Waals surface area contributed by atoms with E-state index in [1.54, 1.807) is 0 Å². The van der Waals surface area contributed by atoms with Crippen LogP contribution in [0.15, 0.2) is 72.9 Å². The summed E-state index contributed by atoms with van der Waals surface area (Å²) in [6.45, 7) is 6.48. The van der Waals surface area contributed by atoms with Gasteiger partial charge in [-0.3, -0.25) is 14.4 Å². The van der Waals surface area contributed by atoms with Crippen molar-refractivity contribution in [1.82, 2.24) is 0 Å². The first-order valence-corrected chi connectivity index (χ1v) is 28.4. The van der Waals surface area contributed by atoms with Crippen molar-refractivity contribution in [1.29, 1.82) is 0 Å². The zero-order valence-electron chi connectivity index (χ0n) is 44.2. The van der Waals surface area contributed by atoms with E-state index in [-0.39, 0.29) is 37.5 Å². The predicted octanol–water partition coefficient (Wildman–Crippen LogP) is 19.0. The number of rotatable bonds is 51. The minimum Gasteiger partial charge on any atom is -0.462 e. The topological polar surface area (TPSA) is 78.9 Å². The number of hydrogen-bond acceptors (Lipinski definition) is 6. The van der Waals surface area contributed by atoms with Gasteiger partial charge in [0.05, 0.1) is 0 Å². The van der Waals surface area contributed by atoms with Crippen LogP contribution in [0, 0.1) is 0 Å². The van der Waals surface area contributed by atoms with Gasteiger partial charge in [-0.15, -0.1) is 0 Å². The van der Waals surface area contributed by atoms with E-state index in [9.17, 15) is 14.4 Å². The Labute approximate surface area is 414 Å². The minimum absolute atomic E-state index is 0.104. The summed E-state index contributed by atoms with van der Waals surface area (Å²) in [6, 6.07) is 0. The van der Waals surface area contributed by atoms with Crippen molar-refractivity contribution in [3.63, 3.8) is 0 Å². The first-order chi connectivity index (χ1) is 33.0. The fourth-order valence-electron chi connectivity index (χ4n) is 7.96. The number of allylic oxidation sites excluding steroid dienone is 12. The molecule has 0 spiro atoms. The molecular formula is C61H106O6. The highest BCUT2D eigenvalue weighted by Crippen LogP contribution is 2.16. The highest BCUT2D eigenvalue weighted by molar-refractivity contribution is 5.71. The molecule has 0 fully saturated rings. The first kappa shape index (κ1) is 63.8. The first-order valence-electron chi connectivity index (χ1n) is 28.4. The van der Waals surface area contributed by atoms with E-state index in [4.69, 9.17) is 14.2 Å². The molecule has 0 aliphatic rings. The van der Waals surface area contributed by atoms with Gasteiger partial charge < -0.3 is 14.2 Å². The van der Waals surface area contributed by atoms with Gasteiger partial charge in [0.2, 0.25) is 0 Å². The average molecular weight is 936 g/mol. The van der Waals surface area contributed by atoms with E-state index in [1.165, 1.54) is 161 Å². The summed E-state index contributed by atoms with van der Waals surface area (Å²) >= 11 is 0. The third kappa shape index (κ3) is 53.7. The van der Waals surface area contributed by atoms with Crippen molar-refractivity contribution < 1.29 is 28.6 Å². The summed E-state index contributed by atoms with van der Waals surface area (Å²) in [4.78, 5) is 38.1. The highest BCUT2D eigenvalue weighted by atomic mass is 16.6. The molecule has 0 radical (unpaired) electrons. The molecule has 0 aromatic carbocycles. The molecule has 6 nitrogen and oxygen atoms in total. The van der Waals surface area contributed by atoms with Crippen molar-refractivity contribution in [2.75, 3.05) is 13.2 Å². The second kappa shape index (κ2) is 55.4. The molecule has 0 aromatic rings. The normalized spacial score (nSPS) is 12.6. The number of carbonyl (C=O) groups excluding carboxylic acids is 3. The number of unbranched alkanes of at least 4 members (excludes halogenated alkanes) is 28. The van der Waals surface area contributed by atoms with E-state index in [2.05, 4.69) is 87.6 Å². The summed E-state index contributed by atoms with van der Waals surface area (Å²) < 4.78 is 16.8. The largest absolute Gasteiger partial charge is 0.462 e. The molecule has 0 saturated heterocycles. The monoisotopic (exact) mass is 935 g/mol. The molecular weight excluding hydrogens is 829 g/mol. The number of ether oxygens (including phenoxy) is 3. The Bertz CT molecular complexity index is 1260. The third-order valence-corrected chi connectivity index (χ3v) is 12.2. The molecule has 0 bridgehead atoms. The Kier molecular flexibility index (Phi) is 52.8. The van der Waals surface area contributed by atoms with Crippen LogP contribution in [0.5, 0.6) is 0 Å². The molecule has 0 aliphatic heterocycles. The van der Waals surface area contributed by atoms with Gasteiger partial charge in [0.25, 0.3) is 0 Å². The standard InChI is InChI=1S/C61H106O6/c1-4-7-10-13-16-19-22-25-28-31-34-36-39-42-45-48-51-54-60(63)66-57-58(67-61(64)55-52-49-46-43-40-37-33-30-27-24-21-18-15-12-9-6-3)56-65-59(62)53-50-47-44-41-38-35-32-29-26-23-20-17-14-11-8-5-2/h9,12,18,21,25,27-28,30,37,40,46,49,58H,4-8,10-11,13-17,19-20,22-24,26,29,31-36,38-39,41-45,47-48,50-57H2,1-3H3/b12-9-,21-18-,28-25-,30-27-,40-37-,49-46-. The van der Waals surface area contributed by atoms with E-state index < -0.39 is 6.10 Å². The van der Waals surface area contributed by atoms with E-state index in [1.807, 2.05) is 6.08 Å². The quantitative estimate of drug-likeness (QED) is 0.0262. The van der Waals surface area contributed by atoms with Crippen LogP contribution < -0.4 is 0 Å². The van der Waals surface area contributed by atoms with Gasteiger partial charge in [-0.2, -0.15) is 0 Å². The minimum atomic E-state index is -0.815. The summed E-state index contributed by atoms with van der Waals surface area (Å²) in [6.07, 6.45) is 70.5. The molecule has 6 heteroatoms. The van der Waals surface area contributed by atoms with Crippen LogP contribution in [-0.4, -0.2) is 37.2 Å². The Morgan fingerprint density at radius 3 is 0.970 bits per heavy atom. The van der Waals surface area contributed by atoms with E-state index in [0.717, 1.165) is 70.6 Å². The Morgan fingerprint density at radius 2 is 0.612 bits per heavy atom. The van der Waals surface area contributed by atoms with Gasteiger partial charge in [-0.05, 0) is 77.0 Å². The van der Waals surface area contributed by atoms with E-state index >= 15 is 0 Å². The van der Waals surface area contributed by atoms with Gasteiger partial charge in [0, 0.05) is 19.3 Å². The maximum Gasteiger partial charge on any atom is 0.306 e. The lowest BCUT2D eigenvalue weighted by Gasteiger charge is -2.18. The van der Waals surface area contributed by atoms with Crippen LogP contribution in [0.25, 0.3) is 0 Å². The zero-order chi connectivity index (χ0) is 48.6. The van der Waals surface area contributed by atoms with Crippen molar-refractivity contribution in [2.24, 2.45) is 0 Å². The summed E-state index contributed by atoms with van der Waals surface area (Å²) in [5.41, 5.74) is 0. The molecule has 386 valence electrons. The summed E-state index contributed by atoms with van der Waals surface area (Å²) in [7, 11) is 0. The van der Waals surface area contributed by atoms with Crippen LogP contribution in [-0.2, 0) is 28.6 Å². The Morgan fingerprint density at radius 1 is 0.313 bits per heavy atom. The van der Waals surface area contributed by atoms with Crippen LogP contribution in [0.2, 0.25) is 0 Å². The van der Waals surface area contributed by atoms with Crippen molar-refractivity contribution in [3.8, 4) is 0 Å². The van der Waals surface area contributed by atoms with Gasteiger partial charge >= 0.3 is 17.9 Å². The molecule has 0 aromatic heterocycles. The van der Waals surface area contributed by atoms with Crippen LogP contribution >= 0.6 is 0 Å². The van der Waals surface area contributed by atoms with Crippen LogP contribution in [0.4, 0.5) is 0 Å². The summed E-state index contributed by atoms with van der Waals surface area (Å²) in [5.74, 6) is -0.983. The molecule has 0 aliphatic carbocycles. The maximum absolute atomic E-state index is 12.8. The molecule has 67 heavy (non-hydrogen) atoms. The van der Waals surface area contributed by atoms with Gasteiger partial charge in [-0.25, -0.2) is 0 Å². The fraction of sp³-hybridized carbons (Fsp3) is 0.754. The molecule has 0 N–H and O–H groups in total. The molecule has 0 rings (SSSR count). The van der Waals surface area contributed by atoms with E-state index in [0.29, 0.717) is 19.3 Å². The lowest BCUT2D eigenvalue weighted by molar-refractivity contribution is -0.166. The number of hydrogen-bond donors (Lipinski definition) is 0. The lowest BCUT2D eigenvalue weighted by atomic mass is 10.0. The summed E-state index contributed by atoms with van der Waals surface area (Å²) in [5, 5.41) is 0. The molecule has 0 amide bonds. The smallest absolute Gasteiger partial charge is 0.306 e. The number of carbonyl (C=O) groups is 3. The lowest BCUT2D eigenvalue weighted by Crippen LogP contribution is -2.30. The molecule has 1 unspecified atom stereocenters. The molecule has 1 atom stereocenters. The Hall–Kier alpha value is -3.15. The third-order valence-electron chi connectivity index (χ3n) is 12.2. The highest BCUT2D eigenvalue weighted by Gasteiger charge is 2.19. The second-order valence-electron chi connectivity index (χ2n) is 18.8. The predicted molar refractivity (Wildman–Crippen MR) is 288 cm³/mol. The van der Waals surface area contributed by atoms with Gasteiger partial charge in [-0.1, -0.05) is 254 Å². The second-order valence-corrected chi connectivity index (χ2v) is 18.8. The zero-order valence-corrected chi connectivity index (χ0v) is 44.2. The SMILES string of the molecule is CC/C=C\C/C=C\C/C=C\C/C=C\C/C=C\CCC(=O)OC(COC(=O)CCCCCCCCC/C=C\CCCCCCCC)COC(=O)CCCCCCCCCCCCCCCCCC. The molecule has 0 heterocycles. The maximum atomic E-state index is 12.8. The molecule has 0 saturated carbocycles. The average Bonchev–Trinajstić information content (AvgIpc) is 3.33. The van der Waals surface area contributed by atoms with Crippen LogP contribution in [0.1, 0.15) is 278 Å². The van der Waals surface area contributed by atoms with Crippen molar-refractivity contribution in [2.45, 2.75) is 284 Å². The van der Waals surface area contributed by atoms with Gasteiger partial charge in [0.1, 0.15) is 13.2 Å².